The van der Waals surface area contributed by atoms with Crippen molar-refractivity contribution >= 4 is 0 Å². The Bertz CT molecular complexity index is 668. The van der Waals surface area contributed by atoms with Crippen molar-refractivity contribution in [3.63, 3.8) is 0 Å². The minimum Gasteiger partial charge on any atom is -0.493 e. The second-order valence-corrected chi connectivity index (χ2v) is 5.67. The Hall–Kier alpha value is -2.21. The fourth-order valence-electron chi connectivity index (χ4n) is 2.78. The molecule has 0 radical (unpaired) electrons. The predicted octanol–water partition coefficient (Wildman–Crippen LogP) is 2.71. The van der Waals surface area contributed by atoms with Gasteiger partial charge in [-0.1, -0.05) is 6.07 Å². The molecule has 1 aromatic carbocycles. The summed E-state index contributed by atoms with van der Waals surface area (Å²) < 4.78 is 18.3. The summed E-state index contributed by atoms with van der Waals surface area (Å²) in [4.78, 5) is 0. The largest absolute Gasteiger partial charge is 0.493 e. The van der Waals surface area contributed by atoms with Crippen molar-refractivity contribution in [1.29, 1.82) is 0 Å². The molecule has 6 heteroatoms. The molecule has 24 heavy (non-hydrogen) atoms. The first kappa shape index (κ1) is 18.1. The van der Waals surface area contributed by atoms with Gasteiger partial charge < -0.3 is 19.5 Å². The Kier molecular flexibility index (Phi) is 6.49. The van der Waals surface area contributed by atoms with Crippen LogP contribution in [0.4, 0.5) is 0 Å². The molecule has 1 aromatic heterocycles. The fourth-order valence-corrected chi connectivity index (χ4v) is 2.78. The molecule has 0 unspecified atom stereocenters. The molecule has 0 fully saturated rings. The van der Waals surface area contributed by atoms with E-state index in [1.165, 1.54) is 5.69 Å². The molecular formula is C18H27N3O3. The Morgan fingerprint density at radius 3 is 2.38 bits per heavy atom. The summed E-state index contributed by atoms with van der Waals surface area (Å²) in [5.74, 6) is 2.01. The number of methoxy groups -OCH3 is 3. The van der Waals surface area contributed by atoms with Crippen LogP contribution in [0.2, 0.25) is 0 Å². The van der Waals surface area contributed by atoms with Crippen molar-refractivity contribution < 1.29 is 14.2 Å². The van der Waals surface area contributed by atoms with Crippen LogP contribution in [-0.4, -0.2) is 37.7 Å². The van der Waals surface area contributed by atoms with Crippen LogP contribution in [0.1, 0.15) is 23.4 Å². The highest BCUT2D eigenvalue weighted by Gasteiger charge is 2.15. The Morgan fingerprint density at radius 2 is 1.79 bits per heavy atom. The number of aromatic nitrogens is 2. The first-order valence-electron chi connectivity index (χ1n) is 8.10. The van der Waals surface area contributed by atoms with Crippen molar-refractivity contribution in [2.45, 2.75) is 33.4 Å². The summed E-state index contributed by atoms with van der Waals surface area (Å²) in [6.07, 6.45) is 1.01. The Balaban J connectivity index is 1.89. The van der Waals surface area contributed by atoms with Crippen LogP contribution in [-0.2, 0) is 13.1 Å². The highest BCUT2D eigenvalue weighted by atomic mass is 16.5. The molecule has 1 heterocycles. The van der Waals surface area contributed by atoms with Crippen molar-refractivity contribution in [1.82, 2.24) is 15.1 Å². The monoisotopic (exact) mass is 333 g/mol. The molecular weight excluding hydrogens is 306 g/mol. The van der Waals surface area contributed by atoms with Crippen molar-refractivity contribution in [3.8, 4) is 17.2 Å². The van der Waals surface area contributed by atoms with E-state index in [-0.39, 0.29) is 0 Å². The van der Waals surface area contributed by atoms with Gasteiger partial charge in [-0.2, -0.15) is 5.10 Å². The van der Waals surface area contributed by atoms with Gasteiger partial charge in [-0.05, 0) is 38.9 Å². The van der Waals surface area contributed by atoms with Gasteiger partial charge in [0.25, 0.3) is 0 Å². The smallest absolute Gasteiger partial charge is 0.203 e. The van der Waals surface area contributed by atoms with Crippen LogP contribution in [0.3, 0.4) is 0 Å². The molecule has 6 nitrogen and oxygen atoms in total. The summed E-state index contributed by atoms with van der Waals surface area (Å²) in [5.41, 5.74) is 3.31. The van der Waals surface area contributed by atoms with Crippen LogP contribution in [0, 0.1) is 13.8 Å². The third-order valence-corrected chi connectivity index (χ3v) is 3.93. The van der Waals surface area contributed by atoms with Gasteiger partial charge in [-0.25, -0.2) is 0 Å². The van der Waals surface area contributed by atoms with E-state index in [2.05, 4.69) is 23.4 Å². The van der Waals surface area contributed by atoms with Gasteiger partial charge in [0.05, 0.1) is 27.0 Å². The lowest BCUT2D eigenvalue weighted by molar-refractivity contribution is 0.321. The molecule has 0 aliphatic rings. The first-order chi connectivity index (χ1) is 11.6. The Labute approximate surface area is 143 Å². The molecule has 0 saturated carbocycles. The van der Waals surface area contributed by atoms with E-state index in [0.717, 1.165) is 30.8 Å². The number of nitrogens with one attached hydrogen (secondary N) is 1. The van der Waals surface area contributed by atoms with Crippen LogP contribution < -0.4 is 19.5 Å². The van der Waals surface area contributed by atoms with Crippen LogP contribution in [0.5, 0.6) is 17.2 Å². The lowest BCUT2D eigenvalue weighted by atomic mass is 10.1. The maximum atomic E-state index is 5.50. The maximum absolute atomic E-state index is 5.50. The molecule has 132 valence electrons. The number of hydrogen-bond acceptors (Lipinski definition) is 5. The van der Waals surface area contributed by atoms with Crippen LogP contribution in [0.25, 0.3) is 0 Å². The lowest BCUT2D eigenvalue weighted by Crippen LogP contribution is -2.18. The topological polar surface area (TPSA) is 57.5 Å². The van der Waals surface area contributed by atoms with Crippen molar-refractivity contribution in [2.75, 3.05) is 27.9 Å². The zero-order valence-corrected chi connectivity index (χ0v) is 15.2. The molecule has 0 amide bonds. The van der Waals surface area contributed by atoms with E-state index < -0.39 is 0 Å². The third-order valence-electron chi connectivity index (χ3n) is 3.93. The van der Waals surface area contributed by atoms with E-state index in [0.29, 0.717) is 23.8 Å². The highest BCUT2D eigenvalue weighted by molar-refractivity contribution is 5.55. The number of nitrogens with zero attached hydrogens (tertiary/aromatic N) is 2. The normalized spacial score (nSPS) is 10.7. The summed E-state index contributed by atoms with van der Waals surface area (Å²) in [5, 5.41) is 7.92. The molecule has 2 rings (SSSR count). The molecule has 1 N–H and O–H groups in total. The molecule has 0 bridgehead atoms. The highest BCUT2D eigenvalue weighted by Crippen LogP contribution is 2.39. The number of benzene rings is 1. The van der Waals surface area contributed by atoms with Gasteiger partial charge >= 0.3 is 0 Å². The van der Waals surface area contributed by atoms with E-state index in [1.54, 1.807) is 21.3 Å². The van der Waals surface area contributed by atoms with Crippen molar-refractivity contribution in [2.24, 2.45) is 0 Å². The minimum absolute atomic E-state index is 0.627. The fraction of sp³-hybridized carbons (Fsp3) is 0.500. The molecule has 0 aliphatic heterocycles. The van der Waals surface area contributed by atoms with Gasteiger partial charge in [0.15, 0.2) is 11.5 Å². The average molecular weight is 333 g/mol. The zero-order chi connectivity index (χ0) is 17.5. The predicted molar refractivity (Wildman–Crippen MR) is 94.1 cm³/mol. The standard InChI is InChI=1S/C18H27N3O3/c1-13-11-14(2)21(20-13)10-6-9-19-12-15-7-8-16(22-3)18(24-5)17(15)23-4/h7-8,11,19H,6,9-10,12H2,1-5H3. The van der Waals surface area contributed by atoms with Gasteiger partial charge in [-0.3, -0.25) is 4.68 Å². The molecule has 0 aliphatic carbocycles. The Morgan fingerprint density at radius 1 is 1.04 bits per heavy atom. The second-order valence-electron chi connectivity index (χ2n) is 5.67. The van der Waals surface area contributed by atoms with Gasteiger partial charge in [0, 0.05) is 24.3 Å². The van der Waals surface area contributed by atoms with Crippen molar-refractivity contribution in [3.05, 3.63) is 35.2 Å². The summed E-state index contributed by atoms with van der Waals surface area (Å²) in [6.45, 7) is 6.62. The molecule has 2 aromatic rings. The van der Waals surface area contributed by atoms with Gasteiger partial charge in [0.2, 0.25) is 5.75 Å². The van der Waals surface area contributed by atoms with Crippen LogP contribution >= 0.6 is 0 Å². The summed E-state index contributed by atoms with van der Waals surface area (Å²) in [7, 11) is 4.88. The number of rotatable bonds is 9. The SMILES string of the molecule is COc1ccc(CNCCCn2nc(C)cc2C)c(OC)c1OC. The lowest BCUT2D eigenvalue weighted by Gasteiger charge is -2.16. The summed E-state index contributed by atoms with van der Waals surface area (Å²) in [6, 6.07) is 5.99. The number of ether oxygens (including phenoxy) is 3. The molecule has 0 saturated heterocycles. The molecule has 0 atom stereocenters. The van der Waals surface area contributed by atoms with Gasteiger partial charge in [-0.15, -0.1) is 0 Å². The van der Waals surface area contributed by atoms with E-state index in [4.69, 9.17) is 14.2 Å². The average Bonchev–Trinajstić information content (AvgIpc) is 2.91. The summed E-state index contributed by atoms with van der Waals surface area (Å²) >= 11 is 0. The van der Waals surface area contributed by atoms with Gasteiger partial charge in [0.1, 0.15) is 0 Å². The number of aryl methyl sites for hydroxylation is 3. The van der Waals surface area contributed by atoms with E-state index >= 15 is 0 Å². The van der Waals surface area contributed by atoms with Crippen LogP contribution in [0.15, 0.2) is 18.2 Å². The minimum atomic E-state index is 0.627. The number of hydrogen-bond donors (Lipinski definition) is 1. The van der Waals surface area contributed by atoms with E-state index in [1.807, 2.05) is 23.7 Å². The zero-order valence-electron chi connectivity index (χ0n) is 15.2. The quantitative estimate of drug-likeness (QED) is 0.715. The second kappa shape index (κ2) is 8.59. The third kappa shape index (κ3) is 4.20. The first-order valence-corrected chi connectivity index (χ1v) is 8.10. The van der Waals surface area contributed by atoms with E-state index in [9.17, 15) is 0 Å². The maximum Gasteiger partial charge on any atom is 0.203 e. The molecule has 0 spiro atoms.